The zero-order valence-electron chi connectivity index (χ0n) is 23.3. The molecule has 0 amide bonds. The summed E-state index contributed by atoms with van der Waals surface area (Å²) in [5.41, 5.74) is 4.90. The minimum Gasteiger partial charge on any atom is -0.489 e. The molecule has 3 nitrogen and oxygen atoms in total. The Morgan fingerprint density at radius 1 is 0.650 bits per heavy atom. The molecular formula is C37H34O3. The molecule has 0 fully saturated rings. The van der Waals surface area contributed by atoms with Crippen molar-refractivity contribution in [2.24, 2.45) is 0 Å². The van der Waals surface area contributed by atoms with Crippen molar-refractivity contribution >= 4 is 27.5 Å². The Kier molecular flexibility index (Phi) is 8.41. The SMILES string of the molecule is CC(C)=CCC/C(C)=C\COc1ccc2ccccc2c1-c1c(OC(=O)c2ccccc2)ccc2ccccc12. The molecule has 0 bridgehead atoms. The van der Waals surface area contributed by atoms with Gasteiger partial charge in [0.05, 0.1) is 5.56 Å². The van der Waals surface area contributed by atoms with Crippen molar-refractivity contribution in [2.75, 3.05) is 6.61 Å². The molecule has 0 heterocycles. The van der Waals surface area contributed by atoms with Crippen molar-refractivity contribution < 1.29 is 14.3 Å². The number of carbonyl (C=O) groups excluding carboxylic acids is 1. The van der Waals surface area contributed by atoms with Gasteiger partial charge in [0.1, 0.15) is 18.1 Å². The van der Waals surface area contributed by atoms with E-state index >= 15 is 0 Å². The number of allylic oxidation sites excluding steroid dienone is 3. The average Bonchev–Trinajstić information content (AvgIpc) is 2.97. The van der Waals surface area contributed by atoms with Gasteiger partial charge in [-0.3, -0.25) is 0 Å². The first-order chi connectivity index (χ1) is 19.5. The lowest BCUT2D eigenvalue weighted by atomic mass is 9.92. The van der Waals surface area contributed by atoms with Gasteiger partial charge in [-0.05, 0) is 85.5 Å². The third kappa shape index (κ3) is 6.16. The maximum absolute atomic E-state index is 13.2. The Balaban J connectivity index is 1.61. The van der Waals surface area contributed by atoms with Crippen molar-refractivity contribution in [3.8, 4) is 22.6 Å². The van der Waals surface area contributed by atoms with Gasteiger partial charge in [-0.2, -0.15) is 0 Å². The van der Waals surface area contributed by atoms with Crippen LogP contribution >= 0.6 is 0 Å². The van der Waals surface area contributed by atoms with Crippen molar-refractivity contribution in [3.63, 3.8) is 0 Å². The number of rotatable bonds is 9. The molecule has 5 rings (SSSR count). The molecule has 0 aliphatic rings. The van der Waals surface area contributed by atoms with E-state index in [9.17, 15) is 4.79 Å². The molecule has 0 unspecified atom stereocenters. The first-order valence-electron chi connectivity index (χ1n) is 13.7. The quantitative estimate of drug-likeness (QED) is 0.109. The fraction of sp³-hybridized carbons (Fsp3) is 0.162. The Hall–Kier alpha value is -4.63. The van der Waals surface area contributed by atoms with Crippen LogP contribution in [0.2, 0.25) is 0 Å². The van der Waals surface area contributed by atoms with Crippen LogP contribution in [0.3, 0.4) is 0 Å². The van der Waals surface area contributed by atoms with Crippen LogP contribution in [0.15, 0.2) is 126 Å². The summed E-state index contributed by atoms with van der Waals surface area (Å²) < 4.78 is 12.6. The van der Waals surface area contributed by atoms with Crippen LogP contribution in [0.5, 0.6) is 11.5 Å². The van der Waals surface area contributed by atoms with Gasteiger partial charge < -0.3 is 9.47 Å². The van der Waals surface area contributed by atoms with Crippen LogP contribution in [0.4, 0.5) is 0 Å². The summed E-state index contributed by atoms with van der Waals surface area (Å²) in [4.78, 5) is 13.2. The maximum Gasteiger partial charge on any atom is 0.343 e. The highest BCUT2D eigenvalue weighted by atomic mass is 16.5. The van der Waals surface area contributed by atoms with E-state index in [-0.39, 0.29) is 0 Å². The van der Waals surface area contributed by atoms with E-state index in [0.29, 0.717) is 17.9 Å². The minimum absolute atomic E-state index is 0.394. The standard InChI is InChI=1S/C37H34O3/c1-26(2)12-11-13-27(3)24-25-39-33-22-20-28-14-7-9-18-31(28)35(33)36-32-19-10-8-15-29(32)21-23-34(36)40-37(38)30-16-5-4-6-17-30/h4-10,12,14-24H,11,13,25H2,1-3H3/b27-24-. The molecule has 200 valence electrons. The van der Waals surface area contributed by atoms with E-state index in [1.165, 1.54) is 11.1 Å². The van der Waals surface area contributed by atoms with Crippen LogP contribution in [0.1, 0.15) is 44.0 Å². The summed E-state index contributed by atoms with van der Waals surface area (Å²) in [6, 6.07) is 33.5. The van der Waals surface area contributed by atoms with E-state index in [1.54, 1.807) is 12.1 Å². The normalized spacial score (nSPS) is 11.4. The fourth-order valence-electron chi connectivity index (χ4n) is 4.92. The number of fused-ring (bicyclic) bond motifs is 2. The van der Waals surface area contributed by atoms with Crippen LogP contribution in [0, 0.1) is 0 Å². The molecular weight excluding hydrogens is 492 g/mol. The number of carbonyl (C=O) groups is 1. The Bertz CT molecular complexity index is 1710. The van der Waals surface area contributed by atoms with Crippen LogP contribution in [-0.2, 0) is 0 Å². The topological polar surface area (TPSA) is 35.5 Å². The fourth-order valence-corrected chi connectivity index (χ4v) is 4.92. The largest absolute Gasteiger partial charge is 0.489 e. The van der Waals surface area contributed by atoms with Crippen LogP contribution in [-0.4, -0.2) is 12.6 Å². The number of ether oxygens (including phenoxy) is 2. The molecule has 0 radical (unpaired) electrons. The van der Waals surface area contributed by atoms with Gasteiger partial charge >= 0.3 is 5.97 Å². The average molecular weight is 527 g/mol. The van der Waals surface area contributed by atoms with Gasteiger partial charge in [0.15, 0.2) is 0 Å². The Morgan fingerprint density at radius 3 is 1.88 bits per heavy atom. The van der Waals surface area contributed by atoms with E-state index in [0.717, 1.165) is 51.3 Å². The molecule has 0 saturated carbocycles. The lowest BCUT2D eigenvalue weighted by molar-refractivity contribution is 0.0735. The van der Waals surface area contributed by atoms with Crippen LogP contribution in [0.25, 0.3) is 32.7 Å². The van der Waals surface area contributed by atoms with E-state index in [2.05, 4.69) is 63.3 Å². The van der Waals surface area contributed by atoms with Gasteiger partial charge in [-0.15, -0.1) is 0 Å². The number of hydrogen-bond donors (Lipinski definition) is 0. The molecule has 5 aromatic rings. The van der Waals surface area contributed by atoms with E-state index in [4.69, 9.17) is 9.47 Å². The molecule has 0 spiro atoms. The van der Waals surface area contributed by atoms with Gasteiger partial charge in [-0.25, -0.2) is 4.79 Å². The molecule has 3 heteroatoms. The molecule has 0 aliphatic carbocycles. The van der Waals surface area contributed by atoms with Crippen molar-refractivity contribution in [1.82, 2.24) is 0 Å². The van der Waals surface area contributed by atoms with Gasteiger partial charge in [-0.1, -0.05) is 96.1 Å². The summed E-state index contributed by atoms with van der Waals surface area (Å²) >= 11 is 0. The van der Waals surface area contributed by atoms with Crippen molar-refractivity contribution in [2.45, 2.75) is 33.6 Å². The van der Waals surface area contributed by atoms with Crippen molar-refractivity contribution in [1.29, 1.82) is 0 Å². The van der Waals surface area contributed by atoms with Gasteiger partial charge in [0.2, 0.25) is 0 Å². The van der Waals surface area contributed by atoms with E-state index in [1.807, 2.05) is 60.7 Å². The Morgan fingerprint density at radius 2 is 1.23 bits per heavy atom. The van der Waals surface area contributed by atoms with Crippen molar-refractivity contribution in [3.05, 3.63) is 132 Å². The second kappa shape index (κ2) is 12.5. The Labute approximate surface area is 236 Å². The molecule has 5 aromatic carbocycles. The summed E-state index contributed by atoms with van der Waals surface area (Å²) in [6.45, 7) is 6.86. The minimum atomic E-state index is -0.394. The zero-order chi connectivity index (χ0) is 27.9. The second-order valence-electron chi connectivity index (χ2n) is 10.3. The summed E-state index contributed by atoms with van der Waals surface area (Å²) in [7, 11) is 0. The third-order valence-electron chi connectivity index (χ3n) is 7.01. The number of hydrogen-bond acceptors (Lipinski definition) is 3. The molecule has 0 N–H and O–H groups in total. The predicted octanol–water partition coefficient (Wildman–Crippen LogP) is 9.95. The number of benzene rings is 5. The van der Waals surface area contributed by atoms with Gasteiger partial charge in [0.25, 0.3) is 0 Å². The third-order valence-corrected chi connectivity index (χ3v) is 7.01. The first kappa shape index (κ1) is 27.0. The smallest absolute Gasteiger partial charge is 0.343 e. The summed E-state index contributed by atoms with van der Waals surface area (Å²) in [5.74, 6) is 0.859. The van der Waals surface area contributed by atoms with E-state index < -0.39 is 5.97 Å². The summed E-state index contributed by atoms with van der Waals surface area (Å²) in [5, 5.41) is 4.19. The van der Waals surface area contributed by atoms with Gasteiger partial charge in [0, 0.05) is 11.1 Å². The molecule has 40 heavy (non-hydrogen) atoms. The highest BCUT2D eigenvalue weighted by Crippen LogP contribution is 2.45. The second-order valence-corrected chi connectivity index (χ2v) is 10.3. The highest BCUT2D eigenvalue weighted by molar-refractivity contribution is 6.10. The predicted molar refractivity (Wildman–Crippen MR) is 166 cm³/mol. The maximum atomic E-state index is 13.2. The lowest BCUT2D eigenvalue weighted by Gasteiger charge is -2.19. The zero-order valence-corrected chi connectivity index (χ0v) is 23.3. The highest BCUT2D eigenvalue weighted by Gasteiger charge is 2.21. The molecule has 0 atom stereocenters. The molecule has 0 saturated heterocycles. The monoisotopic (exact) mass is 526 g/mol. The lowest BCUT2D eigenvalue weighted by Crippen LogP contribution is -2.09. The summed E-state index contributed by atoms with van der Waals surface area (Å²) in [6.07, 6.45) is 6.44. The molecule has 0 aliphatic heterocycles. The van der Waals surface area contributed by atoms with Crippen LogP contribution < -0.4 is 9.47 Å². The number of esters is 1. The molecule has 0 aromatic heterocycles. The first-order valence-corrected chi connectivity index (χ1v) is 13.7.